The second kappa shape index (κ2) is 5.98. The number of nitrogens with one attached hydrogen (secondary N) is 1. The molecule has 1 aliphatic rings. The van der Waals surface area contributed by atoms with E-state index in [0.29, 0.717) is 30.2 Å². The molecule has 0 saturated carbocycles. The Balaban J connectivity index is 2.44. The molecule has 0 aliphatic carbocycles. The zero-order valence-electron chi connectivity index (χ0n) is 12.4. The molecule has 0 amide bonds. The second-order valence-corrected chi connectivity index (χ2v) is 5.43. The minimum Gasteiger partial charge on any atom is -0.367 e. The highest BCUT2D eigenvalue weighted by molar-refractivity contribution is 6.05. The number of H-pyrrole nitrogens is 1. The standard InChI is InChI=1S/C15H17F3N2O2/c1-9-7-10(2)19-14(22)13(9)11(21)8-12(15(16,17)18)20-5-3-4-6-20/h7-8H,3-6H2,1-2H3,(H,19,22). The summed E-state index contributed by atoms with van der Waals surface area (Å²) in [7, 11) is 0. The van der Waals surface area contributed by atoms with Crippen molar-refractivity contribution >= 4 is 5.78 Å². The molecule has 22 heavy (non-hydrogen) atoms. The molecular formula is C15H17F3N2O2. The third-order valence-electron chi connectivity index (χ3n) is 3.62. The Hall–Kier alpha value is -2.05. The molecule has 0 atom stereocenters. The first kappa shape index (κ1) is 16.3. The third kappa shape index (κ3) is 3.40. The maximum atomic E-state index is 13.2. The first-order valence-electron chi connectivity index (χ1n) is 6.99. The van der Waals surface area contributed by atoms with Gasteiger partial charge in [-0.2, -0.15) is 13.2 Å². The lowest BCUT2D eigenvalue weighted by Gasteiger charge is -2.23. The number of hydrogen-bond acceptors (Lipinski definition) is 3. The number of carbonyl (C=O) groups is 1. The lowest BCUT2D eigenvalue weighted by Crippen LogP contribution is -2.31. The van der Waals surface area contributed by atoms with Crippen LogP contribution in [0.25, 0.3) is 0 Å². The van der Waals surface area contributed by atoms with Crippen LogP contribution < -0.4 is 5.56 Å². The van der Waals surface area contributed by atoms with Crippen molar-refractivity contribution in [3.63, 3.8) is 0 Å². The van der Waals surface area contributed by atoms with E-state index in [4.69, 9.17) is 0 Å². The molecule has 0 bridgehead atoms. The van der Waals surface area contributed by atoms with Crippen molar-refractivity contribution < 1.29 is 18.0 Å². The van der Waals surface area contributed by atoms with E-state index in [1.165, 1.54) is 6.92 Å². The average Bonchev–Trinajstić information content (AvgIpc) is 2.86. The van der Waals surface area contributed by atoms with Gasteiger partial charge in [-0.1, -0.05) is 0 Å². The minimum atomic E-state index is -4.62. The van der Waals surface area contributed by atoms with Crippen LogP contribution in [-0.2, 0) is 0 Å². The van der Waals surface area contributed by atoms with E-state index in [9.17, 15) is 22.8 Å². The molecule has 1 aliphatic heterocycles. The number of aryl methyl sites for hydroxylation is 2. The lowest BCUT2D eigenvalue weighted by molar-refractivity contribution is -0.109. The molecular weight excluding hydrogens is 297 g/mol. The van der Waals surface area contributed by atoms with Gasteiger partial charge in [-0.3, -0.25) is 9.59 Å². The van der Waals surface area contributed by atoms with Gasteiger partial charge in [0, 0.05) is 24.9 Å². The Morgan fingerprint density at radius 2 is 1.86 bits per heavy atom. The largest absolute Gasteiger partial charge is 0.431 e. The number of nitrogens with zero attached hydrogens (tertiary/aromatic N) is 1. The number of carbonyl (C=O) groups excluding carboxylic acids is 1. The van der Waals surface area contributed by atoms with Crippen LogP contribution in [0.4, 0.5) is 13.2 Å². The number of ketones is 1. The monoisotopic (exact) mass is 314 g/mol. The smallest absolute Gasteiger partial charge is 0.367 e. The summed E-state index contributed by atoms with van der Waals surface area (Å²) in [5, 5.41) is 0. The SMILES string of the molecule is Cc1cc(C)c(C(=O)C=C(N2CCCC2)C(F)(F)F)c(=O)[nH]1. The number of aromatic amines is 1. The molecule has 1 N–H and O–H groups in total. The van der Waals surface area contributed by atoms with Crippen molar-refractivity contribution in [1.82, 2.24) is 9.88 Å². The van der Waals surface area contributed by atoms with Crippen molar-refractivity contribution in [3.8, 4) is 0 Å². The summed E-state index contributed by atoms with van der Waals surface area (Å²) in [6.07, 6.45) is -2.76. The van der Waals surface area contributed by atoms with E-state index in [0.717, 1.165) is 4.90 Å². The fourth-order valence-electron chi connectivity index (χ4n) is 2.67. The topological polar surface area (TPSA) is 53.2 Å². The van der Waals surface area contributed by atoms with Crippen molar-refractivity contribution in [2.24, 2.45) is 0 Å². The molecule has 120 valence electrons. The summed E-state index contributed by atoms with van der Waals surface area (Å²) in [5.41, 5.74) is -0.966. The van der Waals surface area contributed by atoms with Gasteiger partial charge in [0.15, 0.2) is 5.78 Å². The first-order chi connectivity index (χ1) is 10.2. The van der Waals surface area contributed by atoms with Crippen LogP contribution in [-0.4, -0.2) is 34.9 Å². The minimum absolute atomic E-state index is 0.244. The predicted octanol–water partition coefficient (Wildman–Crippen LogP) is 2.72. The fraction of sp³-hybridized carbons (Fsp3) is 0.467. The Morgan fingerprint density at radius 1 is 1.27 bits per heavy atom. The Labute approximate surface area is 125 Å². The van der Waals surface area contributed by atoms with Gasteiger partial charge < -0.3 is 9.88 Å². The van der Waals surface area contributed by atoms with Gasteiger partial charge in [-0.25, -0.2) is 0 Å². The molecule has 0 unspecified atom stereocenters. The van der Waals surface area contributed by atoms with Crippen LogP contribution in [0.5, 0.6) is 0 Å². The van der Waals surface area contributed by atoms with E-state index in [-0.39, 0.29) is 18.7 Å². The van der Waals surface area contributed by atoms with Crippen LogP contribution >= 0.6 is 0 Å². The number of likely N-dealkylation sites (tertiary alicyclic amines) is 1. The zero-order chi connectivity index (χ0) is 16.5. The van der Waals surface area contributed by atoms with Gasteiger partial charge in [0.25, 0.3) is 5.56 Å². The van der Waals surface area contributed by atoms with E-state index >= 15 is 0 Å². The van der Waals surface area contributed by atoms with E-state index in [1.807, 2.05) is 0 Å². The molecule has 1 fully saturated rings. The van der Waals surface area contributed by atoms with Gasteiger partial charge in [0.2, 0.25) is 0 Å². The van der Waals surface area contributed by atoms with E-state index in [2.05, 4.69) is 4.98 Å². The van der Waals surface area contributed by atoms with Crippen LogP contribution in [0.2, 0.25) is 0 Å². The number of allylic oxidation sites excluding steroid dienone is 2. The van der Waals surface area contributed by atoms with Crippen LogP contribution in [0, 0.1) is 13.8 Å². The number of rotatable bonds is 3. The zero-order valence-corrected chi connectivity index (χ0v) is 12.4. The van der Waals surface area contributed by atoms with Crippen molar-refractivity contribution in [3.05, 3.63) is 45.0 Å². The normalized spacial score (nSPS) is 16.2. The Bertz CT molecular complexity index is 668. The highest BCUT2D eigenvalue weighted by Crippen LogP contribution is 2.31. The summed E-state index contributed by atoms with van der Waals surface area (Å²) >= 11 is 0. The maximum absolute atomic E-state index is 13.2. The fourth-order valence-corrected chi connectivity index (χ4v) is 2.67. The quantitative estimate of drug-likeness (QED) is 0.689. The molecule has 0 aromatic carbocycles. The molecule has 1 aromatic heterocycles. The van der Waals surface area contributed by atoms with Crippen molar-refractivity contribution in [1.29, 1.82) is 0 Å². The molecule has 1 aromatic rings. The molecule has 1 saturated heterocycles. The number of halogens is 3. The van der Waals surface area contributed by atoms with Gasteiger partial charge in [-0.05, 0) is 38.3 Å². The van der Waals surface area contributed by atoms with E-state index in [1.54, 1.807) is 13.0 Å². The molecule has 2 rings (SSSR count). The Kier molecular flexibility index (Phi) is 4.44. The number of aromatic nitrogens is 1. The number of alkyl halides is 3. The summed E-state index contributed by atoms with van der Waals surface area (Å²) < 4.78 is 39.5. The highest BCUT2D eigenvalue weighted by atomic mass is 19.4. The highest BCUT2D eigenvalue weighted by Gasteiger charge is 2.39. The molecule has 4 nitrogen and oxygen atoms in total. The van der Waals surface area contributed by atoms with Gasteiger partial charge in [-0.15, -0.1) is 0 Å². The first-order valence-corrected chi connectivity index (χ1v) is 6.99. The summed E-state index contributed by atoms with van der Waals surface area (Å²) in [5.74, 6) is -0.919. The summed E-state index contributed by atoms with van der Waals surface area (Å²) in [6.45, 7) is 3.71. The van der Waals surface area contributed by atoms with Gasteiger partial charge in [0.1, 0.15) is 5.70 Å². The van der Waals surface area contributed by atoms with Gasteiger partial charge >= 0.3 is 6.18 Å². The van der Waals surface area contributed by atoms with Crippen molar-refractivity contribution in [2.45, 2.75) is 32.9 Å². The molecule has 0 radical (unpaired) electrons. The molecule has 0 spiro atoms. The Morgan fingerprint density at radius 3 is 2.36 bits per heavy atom. The summed E-state index contributed by atoms with van der Waals surface area (Å²) in [6, 6.07) is 1.56. The molecule has 7 heteroatoms. The van der Waals surface area contributed by atoms with Crippen LogP contribution in [0.3, 0.4) is 0 Å². The van der Waals surface area contributed by atoms with Crippen LogP contribution in [0.15, 0.2) is 22.6 Å². The lowest BCUT2D eigenvalue weighted by atomic mass is 10.1. The van der Waals surface area contributed by atoms with E-state index < -0.39 is 23.2 Å². The number of pyridine rings is 1. The maximum Gasteiger partial charge on any atom is 0.431 e. The van der Waals surface area contributed by atoms with Crippen molar-refractivity contribution in [2.75, 3.05) is 13.1 Å². The number of hydrogen-bond donors (Lipinski definition) is 1. The summed E-state index contributed by atoms with van der Waals surface area (Å²) in [4.78, 5) is 27.6. The molecule has 2 heterocycles. The average molecular weight is 314 g/mol. The second-order valence-electron chi connectivity index (χ2n) is 5.43. The van der Waals surface area contributed by atoms with Gasteiger partial charge in [0.05, 0.1) is 5.56 Å². The predicted molar refractivity (Wildman–Crippen MR) is 75.8 cm³/mol. The third-order valence-corrected chi connectivity index (χ3v) is 3.62. The van der Waals surface area contributed by atoms with Crippen LogP contribution in [0.1, 0.15) is 34.5 Å².